The Kier molecular flexibility index (Phi) is 11.9. The monoisotopic (exact) mass is 386 g/mol. The van der Waals surface area contributed by atoms with Crippen molar-refractivity contribution in [2.75, 3.05) is 13.9 Å². The molecular weight excluding hydrogens is 344 g/mol. The molecule has 0 fully saturated rings. The van der Waals surface area contributed by atoms with Crippen LogP contribution in [0.1, 0.15) is 60.8 Å². The molecular formula is C21H42O4Si. The van der Waals surface area contributed by atoms with E-state index < -0.39 is 14.4 Å². The zero-order valence-electron chi connectivity index (χ0n) is 18.5. The van der Waals surface area contributed by atoms with Gasteiger partial charge in [-0.15, -0.1) is 0 Å². The number of rotatable bonds is 12. The summed E-state index contributed by atoms with van der Waals surface area (Å²) in [6.45, 7) is 17.7. The zero-order valence-corrected chi connectivity index (χ0v) is 19.5. The third-order valence-corrected chi connectivity index (χ3v) is 9.49. The number of aliphatic hydroxyl groups excluding tert-OH is 1. The molecule has 0 rings (SSSR count). The fraction of sp³-hybridized carbons (Fsp3) is 0.810. The molecule has 4 nitrogen and oxygen atoms in total. The van der Waals surface area contributed by atoms with Crippen LogP contribution in [-0.2, 0) is 13.9 Å². The van der Waals surface area contributed by atoms with Gasteiger partial charge < -0.3 is 19.0 Å². The second-order valence-corrected chi connectivity index (χ2v) is 13.6. The Hall–Kier alpha value is -0.463. The fourth-order valence-electron chi connectivity index (χ4n) is 2.31. The van der Waals surface area contributed by atoms with Crippen LogP contribution in [0.15, 0.2) is 23.8 Å². The Labute approximate surface area is 162 Å². The van der Waals surface area contributed by atoms with E-state index in [9.17, 15) is 5.11 Å². The van der Waals surface area contributed by atoms with E-state index in [1.807, 2.05) is 12.2 Å². The van der Waals surface area contributed by atoms with Crippen molar-refractivity contribution in [3.8, 4) is 0 Å². The summed E-state index contributed by atoms with van der Waals surface area (Å²) in [5.41, 5.74) is 1.28. The van der Waals surface area contributed by atoms with Gasteiger partial charge in [-0.05, 0) is 58.2 Å². The Morgan fingerprint density at radius 2 is 1.81 bits per heavy atom. The highest BCUT2D eigenvalue weighted by Crippen LogP contribution is 2.37. The summed E-state index contributed by atoms with van der Waals surface area (Å²) in [6, 6.07) is 0. The zero-order chi connectivity index (χ0) is 20.4. The first-order chi connectivity index (χ1) is 11.9. The Morgan fingerprint density at radius 1 is 1.19 bits per heavy atom. The van der Waals surface area contributed by atoms with Crippen molar-refractivity contribution in [1.29, 1.82) is 0 Å². The van der Waals surface area contributed by atoms with E-state index in [0.717, 1.165) is 19.3 Å². The van der Waals surface area contributed by atoms with Gasteiger partial charge in [0.05, 0.1) is 12.2 Å². The van der Waals surface area contributed by atoms with Crippen LogP contribution in [0.4, 0.5) is 0 Å². The summed E-state index contributed by atoms with van der Waals surface area (Å²) >= 11 is 0. The number of allylic oxidation sites excluding steroid dienone is 2. The standard InChI is InChI=1S/C21H42O4Si/c1-17(2)12-10-15-20(24-16-23-7)19(22)14-11-13-18(3)25-26(8,9)21(4,5)6/h11-12,14,18-20,22H,10,13,15-16H2,1-9H3/b14-11+/t18-,19?,20-/m0/s1. The van der Waals surface area contributed by atoms with Gasteiger partial charge in [-0.25, -0.2) is 0 Å². The van der Waals surface area contributed by atoms with Crippen molar-refractivity contribution in [2.45, 2.75) is 97.2 Å². The maximum Gasteiger partial charge on any atom is 0.192 e. The number of hydrogen-bond acceptors (Lipinski definition) is 4. The normalized spacial score (nSPS) is 16.5. The van der Waals surface area contributed by atoms with Crippen molar-refractivity contribution in [2.24, 2.45) is 0 Å². The molecule has 0 bridgehead atoms. The van der Waals surface area contributed by atoms with Crippen molar-refractivity contribution < 1.29 is 19.0 Å². The smallest absolute Gasteiger partial charge is 0.192 e. The highest BCUT2D eigenvalue weighted by molar-refractivity contribution is 6.74. The van der Waals surface area contributed by atoms with Gasteiger partial charge in [0.25, 0.3) is 0 Å². The molecule has 0 aromatic carbocycles. The van der Waals surface area contributed by atoms with Crippen LogP contribution in [0.3, 0.4) is 0 Å². The van der Waals surface area contributed by atoms with E-state index in [0.29, 0.717) is 0 Å². The molecule has 0 aliphatic rings. The average Bonchev–Trinajstić information content (AvgIpc) is 2.48. The lowest BCUT2D eigenvalue weighted by Gasteiger charge is -2.38. The molecule has 0 radical (unpaired) electrons. The SMILES string of the molecule is COCO[C@@H](CCC=C(C)C)C(O)/C=C/C[C@H](C)O[Si](C)(C)C(C)(C)C. The summed E-state index contributed by atoms with van der Waals surface area (Å²) in [7, 11) is -0.165. The van der Waals surface area contributed by atoms with Gasteiger partial charge >= 0.3 is 0 Å². The fourth-order valence-corrected chi connectivity index (χ4v) is 3.76. The second-order valence-electron chi connectivity index (χ2n) is 8.81. The first kappa shape index (κ1) is 25.5. The molecule has 3 atom stereocenters. The van der Waals surface area contributed by atoms with E-state index in [-0.39, 0.29) is 24.0 Å². The maximum atomic E-state index is 10.5. The Balaban J connectivity index is 4.61. The number of ether oxygens (including phenoxy) is 2. The second kappa shape index (κ2) is 12.1. The van der Waals surface area contributed by atoms with Crippen LogP contribution in [-0.4, -0.2) is 45.6 Å². The van der Waals surface area contributed by atoms with Crippen molar-refractivity contribution in [3.63, 3.8) is 0 Å². The summed E-state index contributed by atoms with van der Waals surface area (Å²) in [4.78, 5) is 0. The lowest BCUT2D eigenvalue weighted by Crippen LogP contribution is -2.43. The predicted octanol–water partition coefficient (Wildman–Crippen LogP) is 5.44. The Morgan fingerprint density at radius 3 is 2.31 bits per heavy atom. The van der Waals surface area contributed by atoms with Gasteiger partial charge in [-0.1, -0.05) is 44.6 Å². The quantitative estimate of drug-likeness (QED) is 0.276. The van der Waals surface area contributed by atoms with Crippen LogP contribution in [0, 0.1) is 0 Å². The van der Waals surface area contributed by atoms with Crippen molar-refractivity contribution >= 4 is 8.32 Å². The molecule has 0 aliphatic heterocycles. The summed E-state index contributed by atoms with van der Waals surface area (Å²) in [6.07, 6.45) is 7.66. The lowest BCUT2D eigenvalue weighted by molar-refractivity contribution is -0.104. The van der Waals surface area contributed by atoms with Crippen LogP contribution in [0.5, 0.6) is 0 Å². The summed E-state index contributed by atoms with van der Waals surface area (Å²) < 4.78 is 17.0. The van der Waals surface area contributed by atoms with E-state index in [4.69, 9.17) is 13.9 Å². The lowest BCUT2D eigenvalue weighted by atomic mass is 10.1. The molecule has 26 heavy (non-hydrogen) atoms. The topological polar surface area (TPSA) is 47.9 Å². The third kappa shape index (κ3) is 10.6. The first-order valence-corrected chi connectivity index (χ1v) is 12.6. The molecule has 0 aliphatic carbocycles. The minimum atomic E-state index is -1.76. The number of aliphatic hydroxyl groups is 1. The Bertz CT molecular complexity index is 434. The highest BCUT2D eigenvalue weighted by atomic mass is 28.4. The molecule has 154 valence electrons. The molecule has 0 spiro atoms. The minimum Gasteiger partial charge on any atom is -0.414 e. The largest absolute Gasteiger partial charge is 0.414 e. The molecule has 1 N–H and O–H groups in total. The molecule has 5 heteroatoms. The number of methoxy groups -OCH3 is 1. The molecule has 0 saturated heterocycles. The number of hydrogen-bond donors (Lipinski definition) is 1. The molecule has 0 aromatic heterocycles. The first-order valence-electron chi connectivity index (χ1n) is 9.67. The van der Waals surface area contributed by atoms with Crippen LogP contribution < -0.4 is 0 Å². The average molecular weight is 387 g/mol. The third-order valence-electron chi connectivity index (χ3n) is 4.89. The van der Waals surface area contributed by atoms with Crippen molar-refractivity contribution in [3.05, 3.63) is 23.8 Å². The van der Waals surface area contributed by atoms with Gasteiger partial charge in [0.15, 0.2) is 8.32 Å². The minimum absolute atomic E-state index is 0.142. The van der Waals surface area contributed by atoms with Gasteiger partial charge in [0.1, 0.15) is 6.79 Å². The predicted molar refractivity (Wildman–Crippen MR) is 113 cm³/mol. The molecule has 0 heterocycles. The van der Waals surface area contributed by atoms with Gasteiger partial charge in [-0.2, -0.15) is 0 Å². The van der Waals surface area contributed by atoms with Crippen LogP contribution in [0.2, 0.25) is 18.1 Å². The van der Waals surface area contributed by atoms with E-state index in [1.165, 1.54) is 5.57 Å². The van der Waals surface area contributed by atoms with Gasteiger partial charge in [0, 0.05) is 13.2 Å². The molecule has 0 saturated carbocycles. The molecule has 1 unspecified atom stereocenters. The van der Waals surface area contributed by atoms with Gasteiger partial charge in [-0.3, -0.25) is 0 Å². The molecule has 0 amide bonds. The maximum absolute atomic E-state index is 10.5. The van der Waals surface area contributed by atoms with Gasteiger partial charge in [0.2, 0.25) is 0 Å². The van der Waals surface area contributed by atoms with Crippen molar-refractivity contribution in [1.82, 2.24) is 0 Å². The summed E-state index contributed by atoms with van der Waals surface area (Å²) in [5.74, 6) is 0. The van der Waals surface area contributed by atoms with Crippen LogP contribution in [0.25, 0.3) is 0 Å². The van der Waals surface area contributed by atoms with E-state index >= 15 is 0 Å². The molecule has 0 aromatic rings. The highest BCUT2D eigenvalue weighted by Gasteiger charge is 2.38. The van der Waals surface area contributed by atoms with Crippen LogP contribution >= 0.6 is 0 Å². The van der Waals surface area contributed by atoms with E-state index in [2.05, 4.69) is 60.7 Å². The summed E-state index contributed by atoms with van der Waals surface area (Å²) in [5, 5.41) is 10.7. The van der Waals surface area contributed by atoms with E-state index in [1.54, 1.807) is 7.11 Å².